The van der Waals surface area contributed by atoms with Crippen LogP contribution in [0, 0.1) is 5.82 Å². The first-order valence-corrected chi connectivity index (χ1v) is 5.13. The van der Waals surface area contributed by atoms with E-state index in [0.717, 1.165) is 0 Å². The van der Waals surface area contributed by atoms with Crippen LogP contribution in [0.4, 0.5) is 10.1 Å². The molecule has 0 fully saturated rings. The second-order valence-corrected chi connectivity index (χ2v) is 3.76. The number of benzene rings is 1. The highest BCUT2D eigenvalue weighted by atomic mass is 19.1. The fraction of sp³-hybridized carbons (Fsp3) is 0.364. The SMILES string of the molecule is CC(CO)N(C)c1cccc(F)c1/C(N)=N/O. The van der Waals surface area contributed by atoms with Crippen LogP contribution >= 0.6 is 0 Å². The van der Waals surface area contributed by atoms with Gasteiger partial charge in [-0.25, -0.2) is 4.39 Å². The van der Waals surface area contributed by atoms with E-state index in [9.17, 15) is 4.39 Å². The van der Waals surface area contributed by atoms with Gasteiger partial charge >= 0.3 is 0 Å². The summed E-state index contributed by atoms with van der Waals surface area (Å²) >= 11 is 0. The number of aliphatic hydroxyl groups excluding tert-OH is 1. The average Bonchev–Trinajstić information content (AvgIpc) is 2.35. The number of likely N-dealkylation sites (N-methyl/N-ethyl adjacent to an activating group) is 1. The van der Waals surface area contributed by atoms with E-state index in [-0.39, 0.29) is 24.0 Å². The van der Waals surface area contributed by atoms with Gasteiger partial charge < -0.3 is 20.9 Å². The largest absolute Gasteiger partial charge is 0.409 e. The van der Waals surface area contributed by atoms with Crippen molar-refractivity contribution in [3.05, 3.63) is 29.6 Å². The Morgan fingerprint density at radius 2 is 2.24 bits per heavy atom. The summed E-state index contributed by atoms with van der Waals surface area (Å²) in [6.45, 7) is 1.70. The Labute approximate surface area is 99.0 Å². The van der Waals surface area contributed by atoms with E-state index < -0.39 is 5.82 Å². The lowest BCUT2D eigenvalue weighted by Crippen LogP contribution is -2.34. The van der Waals surface area contributed by atoms with Crippen molar-refractivity contribution in [2.45, 2.75) is 13.0 Å². The summed E-state index contributed by atoms with van der Waals surface area (Å²) in [4.78, 5) is 1.66. The van der Waals surface area contributed by atoms with Crippen LogP contribution in [0.25, 0.3) is 0 Å². The van der Waals surface area contributed by atoms with Crippen LogP contribution in [0.5, 0.6) is 0 Å². The molecule has 0 saturated carbocycles. The summed E-state index contributed by atoms with van der Waals surface area (Å²) in [7, 11) is 1.70. The van der Waals surface area contributed by atoms with E-state index >= 15 is 0 Å². The molecule has 1 aromatic carbocycles. The van der Waals surface area contributed by atoms with Crippen molar-refractivity contribution in [2.24, 2.45) is 10.9 Å². The predicted molar refractivity (Wildman–Crippen MR) is 63.9 cm³/mol. The van der Waals surface area contributed by atoms with Gasteiger partial charge in [-0.2, -0.15) is 0 Å². The molecule has 5 nitrogen and oxygen atoms in total. The summed E-state index contributed by atoms with van der Waals surface area (Å²) in [5.41, 5.74) is 5.93. The highest BCUT2D eigenvalue weighted by molar-refractivity contribution is 6.02. The third-order valence-corrected chi connectivity index (χ3v) is 2.66. The van der Waals surface area contributed by atoms with Gasteiger partial charge in [0.05, 0.1) is 17.9 Å². The zero-order valence-corrected chi connectivity index (χ0v) is 9.76. The van der Waals surface area contributed by atoms with Gasteiger partial charge in [0.1, 0.15) is 5.82 Å². The van der Waals surface area contributed by atoms with Crippen LogP contribution in [0.1, 0.15) is 12.5 Å². The fourth-order valence-corrected chi connectivity index (χ4v) is 1.47. The van der Waals surface area contributed by atoms with Crippen molar-refractivity contribution in [1.29, 1.82) is 0 Å². The molecule has 17 heavy (non-hydrogen) atoms. The van der Waals surface area contributed by atoms with Gasteiger partial charge in [-0.15, -0.1) is 0 Å². The van der Waals surface area contributed by atoms with Crippen molar-refractivity contribution in [1.82, 2.24) is 0 Å². The second kappa shape index (κ2) is 5.49. The van der Waals surface area contributed by atoms with Crippen LogP contribution in [-0.4, -0.2) is 35.8 Å². The Morgan fingerprint density at radius 1 is 1.59 bits per heavy atom. The Morgan fingerprint density at radius 3 is 2.76 bits per heavy atom. The van der Waals surface area contributed by atoms with Crippen LogP contribution < -0.4 is 10.6 Å². The molecule has 0 saturated heterocycles. The molecule has 0 amide bonds. The van der Waals surface area contributed by atoms with Crippen LogP contribution in [0.3, 0.4) is 0 Å². The molecule has 4 N–H and O–H groups in total. The summed E-state index contributed by atoms with van der Waals surface area (Å²) in [6, 6.07) is 4.19. The summed E-state index contributed by atoms with van der Waals surface area (Å²) < 4.78 is 13.7. The van der Waals surface area contributed by atoms with E-state index in [1.165, 1.54) is 12.1 Å². The molecule has 0 radical (unpaired) electrons. The fourth-order valence-electron chi connectivity index (χ4n) is 1.47. The highest BCUT2D eigenvalue weighted by Gasteiger charge is 2.18. The number of amidine groups is 1. The molecule has 0 bridgehead atoms. The molecule has 6 heteroatoms. The minimum Gasteiger partial charge on any atom is -0.409 e. The molecule has 0 aromatic heterocycles. The number of nitrogens with zero attached hydrogens (tertiary/aromatic N) is 2. The Balaban J connectivity index is 3.29. The van der Waals surface area contributed by atoms with E-state index in [1.807, 2.05) is 0 Å². The molecule has 0 heterocycles. The molecule has 0 aliphatic rings. The summed E-state index contributed by atoms with van der Waals surface area (Å²) in [5, 5.41) is 20.5. The minimum absolute atomic E-state index is 0.0257. The van der Waals surface area contributed by atoms with Crippen molar-refractivity contribution in [3.8, 4) is 0 Å². The van der Waals surface area contributed by atoms with Crippen molar-refractivity contribution >= 4 is 11.5 Å². The third-order valence-electron chi connectivity index (χ3n) is 2.66. The van der Waals surface area contributed by atoms with Gasteiger partial charge in [-0.1, -0.05) is 11.2 Å². The van der Waals surface area contributed by atoms with Gasteiger partial charge in [-0.3, -0.25) is 0 Å². The lowest BCUT2D eigenvalue weighted by atomic mass is 10.1. The molecule has 0 aliphatic carbocycles. The van der Waals surface area contributed by atoms with E-state index in [4.69, 9.17) is 16.0 Å². The number of halogens is 1. The molecule has 1 atom stereocenters. The van der Waals surface area contributed by atoms with Gasteiger partial charge in [0.2, 0.25) is 0 Å². The van der Waals surface area contributed by atoms with E-state index in [2.05, 4.69) is 5.16 Å². The maximum absolute atomic E-state index is 13.7. The molecule has 0 spiro atoms. The Hall–Kier alpha value is -1.82. The minimum atomic E-state index is -0.574. The number of nitrogens with two attached hydrogens (primary N) is 1. The third kappa shape index (κ3) is 2.65. The zero-order valence-electron chi connectivity index (χ0n) is 9.76. The number of rotatable bonds is 4. The topological polar surface area (TPSA) is 82.1 Å². The highest BCUT2D eigenvalue weighted by Crippen LogP contribution is 2.23. The second-order valence-electron chi connectivity index (χ2n) is 3.76. The van der Waals surface area contributed by atoms with Crippen LogP contribution in [0.2, 0.25) is 0 Å². The van der Waals surface area contributed by atoms with Gasteiger partial charge in [0.25, 0.3) is 0 Å². The first-order chi connectivity index (χ1) is 8.02. The van der Waals surface area contributed by atoms with Crippen LogP contribution in [0.15, 0.2) is 23.4 Å². The normalized spacial score (nSPS) is 13.5. The standard InChI is InChI=1S/C11H16FN3O2/c1-7(6-16)15(2)9-5-3-4-8(12)10(9)11(13)14-17/h3-5,7,16-17H,6H2,1-2H3,(H2,13,14). The van der Waals surface area contributed by atoms with E-state index in [0.29, 0.717) is 5.69 Å². The number of hydrogen-bond donors (Lipinski definition) is 3. The summed E-state index contributed by atoms with van der Waals surface area (Å²) in [5.74, 6) is -0.870. The average molecular weight is 241 g/mol. The lowest BCUT2D eigenvalue weighted by molar-refractivity contribution is 0.270. The van der Waals surface area contributed by atoms with Gasteiger partial charge in [-0.05, 0) is 19.1 Å². The quantitative estimate of drug-likeness (QED) is 0.314. The number of anilines is 1. The Bertz CT molecular complexity index is 423. The van der Waals surface area contributed by atoms with Crippen LogP contribution in [-0.2, 0) is 0 Å². The maximum atomic E-state index is 13.7. The van der Waals surface area contributed by atoms with Crippen molar-refractivity contribution in [2.75, 3.05) is 18.6 Å². The van der Waals surface area contributed by atoms with Gasteiger partial charge in [0, 0.05) is 13.1 Å². The lowest BCUT2D eigenvalue weighted by Gasteiger charge is -2.27. The van der Waals surface area contributed by atoms with Gasteiger partial charge in [0.15, 0.2) is 5.84 Å². The predicted octanol–water partition coefficient (Wildman–Crippen LogP) is 0.737. The molecule has 0 aliphatic heterocycles. The molecule has 1 rings (SSSR count). The maximum Gasteiger partial charge on any atom is 0.175 e. The van der Waals surface area contributed by atoms with Crippen molar-refractivity contribution < 1.29 is 14.7 Å². The van der Waals surface area contributed by atoms with E-state index in [1.54, 1.807) is 24.9 Å². The number of aliphatic hydroxyl groups is 1. The number of oxime groups is 1. The molecule has 1 aromatic rings. The Kier molecular flexibility index (Phi) is 4.28. The first kappa shape index (κ1) is 13.2. The molecule has 1 unspecified atom stereocenters. The molecular formula is C11H16FN3O2. The molecular weight excluding hydrogens is 225 g/mol. The monoisotopic (exact) mass is 241 g/mol. The zero-order chi connectivity index (χ0) is 13.0. The molecule has 94 valence electrons. The first-order valence-electron chi connectivity index (χ1n) is 5.13. The number of hydrogen-bond acceptors (Lipinski definition) is 4. The summed E-state index contributed by atoms with van der Waals surface area (Å²) in [6.07, 6.45) is 0. The van der Waals surface area contributed by atoms with Crippen molar-refractivity contribution in [3.63, 3.8) is 0 Å². The smallest absolute Gasteiger partial charge is 0.175 e.